The molecule has 0 saturated carbocycles. The van der Waals surface area contributed by atoms with Gasteiger partial charge in [0.2, 0.25) is 0 Å². The van der Waals surface area contributed by atoms with Gasteiger partial charge >= 0.3 is 0 Å². The van der Waals surface area contributed by atoms with Gasteiger partial charge in [0.1, 0.15) is 5.69 Å². The summed E-state index contributed by atoms with van der Waals surface area (Å²) in [6.07, 6.45) is 4.55. The third kappa shape index (κ3) is 2.65. The van der Waals surface area contributed by atoms with Gasteiger partial charge in [-0.15, -0.1) is 0 Å². The Hall–Kier alpha value is -2.17. The van der Waals surface area contributed by atoms with Gasteiger partial charge in [0, 0.05) is 11.8 Å². The van der Waals surface area contributed by atoms with Crippen LogP contribution in [0.1, 0.15) is 41.5 Å². The van der Waals surface area contributed by atoms with E-state index in [1.54, 1.807) is 10.9 Å². The summed E-state index contributed by atoms with van der Waals surface area (Å²) >= 11 is 0. The number of rotatable bonds is 5. The van der Waals surface area contributed by atoms with Crippen LogP contribution in [0.5, 0.6) is 0 Å². The van der Waals surface area contributed by atoms with Crippen molar-refractivity contribution < 1.29 is 4.79 Å². The number of nitrogens with two attached hydrogens (primary N) is 1. The molecule has 0 aliphatic heterocycles. The first kappa shape index (κ1) is 13.3. The summed E-state index contributed by atoms with van der Waals surface area (Å²) < 4.78 is 1.54. The van der Waals surface area contributed by atoms with E-state index in [1.807, 2.05) is 25.1 Å². The van der Waals surface area contributed by atoms with Gasteiger partial charge in [0.05, 0.1) is 5.69 Å². The number of carbonyl (C=O) groups excluding carboxylic acids is 1. The van der Waals surface area contributed by atoms with Crippen molar-refractivity contribution in [1.82, 2.24) is 14.8 Å². The van der Waals surface area contributed by atoms with Gasteiger partial charge in [-0.3, -0.25) is 4.79 Å². The summed E-state index contributed by atoms with van der Waals surface area (Å²) in [4.78, 5) is 15.9. The number of unbranched alkanes of at least 4 members (excludes halogenated alkanes) is 1. The molecule has 5 nitrogen and oxygen atoms in total. The molecule has 2 aromatic heterocycles. The van der Waals surface area contributed by atoms with Crippen LogP contribution >= 0.6 is 0 Å². The first-order valence-electron chi connectivity index (χ1n) is 6.44. The van der Waals surface area contributed by atoms with Crippen LogP contribution in [0.2, 0.25) is 0 Å². The maximum atomic E-state index is 11.7. The van der Waals surface area contributed by atoms with E-state index < -0.39 is 5.91 Å². The standard InChI is InChI=1S/C14H18N4O/c1-3-4-7-11-10(2)17-18(13(11)14(15)19)12-8-5-6-9-16-12/h5-6,8-9H,3-4,7H2,1-2H3,(H2,15,19). The zero-order chi connectivity index (χ0) is 13.8. The Morgan fingerprint density at radius 3 is 2.79 bits per heavy atom. The van der Waals surface area contributed by atoms with E-state index in [1.165, 1.54) is 0 Å². The predicted molar refractivity (Wildman–Crippen MR) is 73.2 cm³/mol. The summed E-state index contributed by atoms with van der Waals surface area (Å²) in [6.45, 7) is 4.01. The molecule has 0 saturated heterocycles. The van der Waals surface area contributed by atoms with Crippen molar-refractivity contribution in [3.05, 3.63) is 41.3 Å². The number of pyridine rings is 1. The number of nitrogens with zero attached hydrogens (tertiary/aromatic N) is 3. The maximum absolute atomic E-state index is 11.7. The molecule has 100 valence electrons. The minimum Gasteiger partial charge on any atom is -0.364 e. The van der Waals surface area contributed by atoms with Crippen LogP contribution in [0.3, 0.4) is 0 Å². The summed E-state index contributed by atoms with van der Waals surface area (Å²) in [5, 5.41) is 4.41. The highest BCUT2D eigenvalue weighted by atomic mass is 16.1. The molecule has 0 aromatic carbocycles. The maximum Gasteiger partial charge on any atom is 0.267 e. The minimum absolute atomic E-state index is 0.449. The first-order valence-corrected chi connectivity index (χ1v) is 6.44. The third-order valence-corrected chi connectivity index (χ3v) is 3.06. The van der Waals surface area contributed by atoms with Crippen LogP contribution in [0.15, 0.2) is 24.4 Å². The molecule has 0 aliphatic rings. The first-order chi connectivity index (χ1) is 9.15. The van der Waals surface area contributed by atoms with Crippen LogP contribution < -0.4 is 5.73 Å². The lowest BCUT2D eigenvalue weighted by molar-refractivity contribution is 0.0992. The monoisotopic (exact) mass is 258 g/mol. The van der Waals surface area contributed by atoms with Gasteiger partial charge in [-0.05, 0) is 31.9 Å². The van der Waals surface area contributed by atoms with Crippen LogP contribution in [-0.2, 0) is 6.42 Å². The number of primary amides is 1. The van der Waals surface area contributed by atoms with Crippen molar-refractivity contribution >= 4 is 5.91 Å². The quantitative estimate of drug-likeness (QED) is 0.891. The normalized spacial score (nSPS) is 10.6. The fraction of sp³-hybridized carbons (Fsp3) is 0.357. The SMILES string of the molecule is CCCCc1c(C)nn(-c2ccccn2)c1C(N)=O. The van der Waals surface area contributed by atoms with Crippen molar-refractivity contribution in [2.45, 2.75) is 33.1 Å². The lowest BCUT2D eigenvalue weighted by Crippen LogP contribution is -2.19. The Kier molecular flexibility index (Phi) is 3.94. The smallest absolute Gasteiger partial charge is 0.267 e. The zero-order valence-corrected chi connectivity index (χ0v) is 11.3. The molecular weight excluding hydrogens is 240 g/mol. The fourth-order valence-electron chi connectivity index (χ4n) is 2.11. The Morgan fingerprint density at radius 1 is 1.42 bits per heavy atom. The van der Waals surface area contributed by atoms with Gasteiger partial charge in [0.25, 0.3) is 5.91 Å². The molecule has 0 fully saturated rings. The van der Waals surface area contributed by atoms with E-state index in [4.69, 9.17) is 5.73 Å². The average molecular weight is 258 g/mol. The highest BCUT2D eigenvalue weighted by Crippen LogP contribution is 2.19. The number of aryl methyl sites for hydroxylation is 1. The Morgan fingerprint density at radius 2 is 2.21 bits per heavy atom. The summed E-state index contributed by atoms with van der Waals surface area (Å²) in [7, 11) is 0. The van der Waals surface area contributed by atoms with E-state index in [0.29, 0.717) is 11.5 Å². The minimum atomic E-state index is -0.461. The Bertz CT molecular complexity index is 575. The van der Waals surface area contributed by atoms with Crippen LogP contribution in [0.4, 0.5) is 0 Å². The molecule has 0 aliphatic carbocycles. The molecule has 0 bridgehead atoms. The molecule has 2 N–H and O–H groups in total. The number of hydrogen-bond donors (Lipinski definition) is 1. The van der Waals surface area contributed by atoms with Gasteiger partial charge in [-0.1, -0.05) is 19.4 Å². The largest absolute Gasteiger partial charge is 0.364 e. The number of amides is 1. The zero-order valence-electron chi connectivity index (χ0n) is 11.3. The fourth-order valence-corrected chi connectivity index (χ4v) is 2.11. The number of carbonyl (C=O) groups is 1. The summed E-state index contributed by atoms with van der Waals surface area (Å²) in [5.74, 6) is 0.152. The molecule has 2 aromatic rings. The number of hydrogen-bond acceptors (Lipinski definition) is 3. The molecule has 2 rings (SSSR count). The van der Waals surface area contributed by atoms with Crippen molar-refractivity contribution in [2.24, 2.45) is 5.73 Å². The van der Waals surface area contributed by atoms with Crippen molar-refractivity contribution in [2.75, 3.05) is 0 Å². The Labute approximate surface area is 112 Å². The second kappa shape index (κ2) is 5.65. The van der Waals surface area contributed by atoms with E-state index in [2.05, 4.69) is 17.0 Å². The summed E-state index contributed by atoms with van der Waals surface area (Å²) in [5.41, 5.74) is 7.73. The second-order valence-electron chi connectivity index (χ2n) is 4.48. The lowest BCUT2D eigenvalue weighted by atomic mass is 10.1. The molecule has 2 heterocycles. The van der Waals surface area contributed by atoms with Gasteiger partial charge in [0.15, 0.2) is 5.82 Å². The van der Waals surface area contributed by atoms with Gasteiger partial charge in [-0.25, -0.2) is 9.67 Å². The second-order valence-corrected chi connectivity index (χ2v) is 4.48. The van der Waals surface area contributed by atoms with E-state index in [9.17, 15) is 4.79 Å². The molecule has 0 atom stereocenters. The molecule has 0 unspecified atom stereocenters. The summed E-state index contributed by atoms with van der Waals surface area (Å²) in [6, 6.07) is 5.49. The van der Waals surface area contributed by atoms with Crippen molar-refractivity contribution in [1.29, 1.82) is 0 Å². The highest BCUT2D eigenvalue weighted by Gasteiger charge is 2.20. The average Bonchev–Trinajstić information content (AvgIpc) is 2.74. The van der Waals surface area contributed by atoms with Crippen molar-refractivity contribution in [3.8, 4) is 5.82 Å². The van der Waals surface area contributed by atoms with Crippen LogP contribution in [-0.4, -0.2) is 20.7 Å². The molecule has 1 amide bonds. The van der Waals surface area contributed by atoms with E-state index in [-0.39, 0.29) is 0 Å². The molecule has 0 radical (unpaired) electrons. The van der Waals surface area contributed by atoms with Crippen LogP contribution in [0.25, 0.3) is 5.82 Å². The number of aromatic nitrogens is 3. The molecule has 0 spiro atoms. The molecule has 5 heteroatoms. The van der Waals surface area contributed by atoms with Crippen LogP contribution in [0, 0.1) is 6.92 Å². The molecular formula is C14H18N4O. The topological polar surface area (TPSA) is 73.8 Å². The lowest BCUT2D eigenvalue weighted by Gasteiger charge is -2.05. The Balaban J connectivity index is 2.53. The predicted octanol–water partition coefficient (Wildman–Crippen LogP) is 2.02. The van der Waals surface area contributed by atoms with Gasteiger partial charge in [-0.2, -0.15) is 5.10 Å². The highest BCUT2D eigenvalue weighted by molar-refractivity contribution is 5.93. The van der Waals surface area contributed by atoms with E-state index in [0.717, 1.165) is 30.5 Å². The molecule has 19 heavy (non-hydrogen) atoms. The van der Waals surface area contributed by atoms with Crippen molar-refractivity contribution in [3.63, 3.8) is 0 Å². The third-order valence-electron chi connectivity index (χ3n) is 3.06. The van der Waals surface area contributed by atoms with E-state index >= 15 is 0 Å². The van der Waals surface area contributed by atoms with Gasteiger partial charge < -0.3 is 5.73 Å².